The number of hydrogen-bond donors (Lipinski definition) is 1. The quantitative estimate of drug-likeness (QED) is 0.788. The van der Waals surface area contributed by atoms with E-state index in [1.807, 2.05) is 26.0 Å². The van der Waals surface area contributed by atoms with Gasteiger partial charge in [0.2, 0.25) is 0 Å². The average Bonchev–Trinajstić information content (AvgIpc) is 3.07. The van der Waals surface area contributed by atoms with Crippen LogP contribution in [-0.4, -0.2) is 55.5 Å². The number of rotatable bonds is 8. The zero-order valence-corrected chi connectivity index (χ0v) is 13.3. The molecule has 0 aliphatic carbocycles. The van der Waals surface area contributed by atoms with Crippen LogP contribution in [0.3, 0.4) is 0 Å². The van der Waals surface area contributed by atoms with Gasteiger partial charge in [-0.2, -0.15) is 0 Å². The molecule has 24 heavy (non-hydrogen) atoms. The Bertz CT molecular complexity index is 632. The molecule has 2 rings (SSSR count). The van der Waals surface area contributed by atoms with Crippen LogP contribution >= 0.6 is 0 Å². The topological polar surface area (TPSA) is 86.0 Å². The maximum absolute atomic E-state index is 12.9. The SMILES string of the molecule is CC(C)OCC=Cc1ccc(C(C(O)C(F)F)n2cnnn2)nc1. The first-order valence-corrected chi connectivity index (χ1v) is 7.42. The van der Waals surface area contributed by atoms with Crippen LogP contribution in [0.25, 0.3) is 6.08 Å². The molecular weight excluding hydrogens is 320 g/mol. The van der Waals surface area contributed by atoms with Gasteiger partial charge in [-0.3, -0.25) is 4.98 Å². The second-order valence-electron chi connectivity index (χ2n) is 5.36. The first-order valence-electron chi connectivity index (χ1n) is 7.42. The second kappa shape index (κ2) is 8.55. The van der Waals surface area contributed by atoms with Crippen LogP contribution in [0.1, 0.15) is 31.1 Å². The summed E-state index contributed by atoms with van der Waals surface area (Å²) in [4.78, 5) is 4.15. The van der Waals surface area contributed by atoms with Crippen molar-refractivity contribution in [2.24, 2.45) is 0 Å². The molecule has 0 aliphatic rings. The molecule has 7 nitrogen and oxygen atoms in total. The molecule has 0 spiro atoms. The largest absolute Gasteiger partial charge is 0.384 e. The van der Waals surface area contributed by atoms with Gasteiger partial charge in [0.25, 0.3) is 6.43 Å². The lowest BCUT2D eigenvalue weighted by atomic mass is 10.1. The summed E-state index contributed by atoms with van der Waals surface area (Å²) in [6, 6.07) is 2.10. The third-order valence-corrected chi connectivity index (χ3v) is 3.18. The lowest BCUT2D eigenvalue weighted by molar-refractivity contribution is -0.0292. The highest BCUT2D eigenvalue weighted by atomic mass is 19.3. The van der Waals surface area contributed by atoms with Gasteiger partial charge < -0.3 is 9.84 Å². The number of hydrogen-bond acceptors (Lipinski definition) is 6. The molecule has 2 heterocycles. The van der Waals surface area contributed by atoms with Crippen LogP contribution in [0.4, 0.5) is 8.78 Å². The molecule has 1 N–H and O–H groups in total. The molecule has 2 aromatic rings. The van der Waals surface area contributed by atoms with Crippen molar-refractivity contribution in [2.75, 3.05) is 6.61 Å². The lowest BCUT2D eigenvalue weighted by Crippen LogP contribution is -2.32. The molecule has 130 valence electrons. The maximum Gasteiger partial charge on any atom is 0.266 e. The van der Waals surface area contributed by atoms with Crippen LogP contribution in [0.5, 0.6) is 0 Å². The predicted molar refractivity (Wildman–Crippen MR) is 82.3 cm³/mol. The zero-order chi connectivity index (χ0) is 17.5. The van der Waals surface area contributed by atoms with Crippen molar-refractivity contribution in [1.82, 2.24) is 25.2 Å². The summed E-state index contributed by atoms with van der Waals surface area (Å²) in [5.41, 5.74) is 1.03. The van der Waals surface area contributed by atoms with E-state index in [1.165, 1.54) is 6.20 Å². The number of aromatic nitrogens is 5. The molecule has 2 unspecified atom stereocenters. The van der Waals surface area contributed by atoms with Gasteiger partial charge in [-0.15, -0.1) is 5.10 Å². The Balaban J connectivity index is 2.14. The van der Waals surface area contributed by atoms with Gasteiger partial charge in [0.05, 0.1) is 18.4 Å². The van der Waals surface area contributed by atoms with E-state index in [1.54, 1.807) is 12.1 Å². The monoisotopic (exact) mass is 339 g/mol. The highest BCUT2D eigenvalue weighted by Gasteiger charge is 2.32. The van der Waals surface area contributed by atoms with Crippen LogP contribution in [0.15, 0.2) is 30.7 Å². The van der Waals surface area contributed by atoms with Gasteiger partial charge in [-0.05, 0) is 35.9 Å². The van der Waals surface area contributed by atoms with E-state index in [9.17, 15) is 13.9 Å². The van der Waals surface area contributed by atoms with Crippen molar-refractivity contribution in [3.63, 3.8) is 0 Å². The number of alkyl halides is 2. The number of aliphatic hydroxyl groups excluding tert-OH is 1. The number of nitrogens with zero attached hydrogens (tertiary/aromatic N) is 5. The highest BCUT2D eigenvalue weighted by molar-refractivity contribution is 5.48. The van der Waals surface area contributed by atoms with E-state index < -0.39 is 18.6 Å². The molecule has 9 heteroatoms. The van der Waals surface area contributed by atoms with E-state index in [0.717, 1.165) is 16.6 Å². The number of halogens is 2. The van der Waals surface area contributed by atoms with Crippen molar-refractivity contribution in [3.8, 4) is 0 Å². The summed E-state index contributed by atoms with van der Waals surface area (Å²) < 4.78 is 32.3. The van der Waals surface area contributed by atoms with Crippen molar-refractivity contribution in [3.05, 3.63) is 42.0 Å². The summed E-state index contributed by atoms with van der Waals surface area (Å²) in [6.45, 7) is 4.35. The van der Waals surface area contributed by atoms with Crippen LogP contribution < -0.4 is 0 Å². The van der Waals surface area contributed by atoms with Crippen LogP contribution in [0, 0.1) is 0 Å². The zero-order valence-electron chi connectivity index (χ0n) is 13.3. The van der Waals surface area contributed by atoms with E-state index in [2.05, 4.69) is 20.5 Å². The fourth-order valence-corrected chi connectivity index (χ4v) is 2.02. The molecule has 0 saturated heterocycles. The number of tetrazole rings is 1. The predicted octanol–water partition coefficient (Wildman–Crippen LogP) is 1.72. The van der Waals surface area contributed by atoms with Crippen LogP contribution in [-0.2, 0) is 4.74 Å². The molecule has 2 atom stereocenters. The summed E-state index contributed by atoms with van der Waals surface area (Å²) >= 11 is 0. The molecule has 0 aromatic carbocycles. The molecule has 0 radical (unpaired) electrons. The third kappa shape index (κ3) is 4.87. The fourth-order valence-electron chi connectivity index (χ4n) is 2.02. The van der Waals surface area contributed by atoms with Crippen molar-refractivity contribution >= 4 is 6.08 Å². The van der Waals surface area contributed by atoms with E-state index in [4.69, 9.17) is 4.74 Å². The Morgan fingerprint density at radius 2 is 2.12 bits per heavy atom. The third-order valence-electron chi connectivity index (χ3n) is 3.18. The molecule has 0 bridgehead atoms. The minimum atomic E-state index is -2.95. The number of pyridine rings is 1. The van der Waals surface area contributed by atoms with Crippen molar-refractivity contribution < 1.29 is 18.6 Å². The van der Waals surface area contributed by atoms with Crippen molar-refractivity contribution in [2.45, 2.75) is 38.5 Å². The van der Waals surface area contributed by atoms with Gasteiger partial charge in [-0.1, -0.05) is 18.2 Å². The Labute approximate surface area is 138 Å². The molecule has 2 aromatic heterocycles. The maximum atomic E-state index is 12.9. The van der Waals surface area contributed by atoms with Gasteiger partial charge in [0.1, 0.15) is 18.5 Å². The Kier molecular flexibility index (Phi) is 6.44. The first-order chi connectivity index (χ1) is 11.5. The molecule has 0 saturated carbocycles. The van der Waals surface area contributed by atoms with Gasteiger partial charge in [0, 0.05) is 6.20 Å². The summed E-state index contributed by atoms with van der Waals surface area (Å²) in [5, 5.41) is 20.2. The van der Waals surface area contributed by atoms with E-state index in [0.29, 0.717) is 6.61 Å². The Hall–Kier alpha value is -2.26. The fraction of sp³-hybridized carbons (Fsp3) is 0.467. The van der Waals surface area contributed by atoms with E-state index >= 15 is 0 Å². The standard InChI is InChI=1S/C15H19F2N5O2/c1-10(2)24-7-3-4-11-5-6-12(18-8-11)13(14(23)15(16)17)22-9-19-20-21-22/h3-6,8-10,13-15,23H,7H2,1-2H3. The molecule has 0 fully saturated rings. The summed E-state index contributed by atoms with van der Waals surface area (Å²) in [5.74, 6) is 0. The minimum absolute atomic E-state index is 0.142. The highest BCUT2D eigenvalue weighted by Crippen LogP contribution is 2.23. The average molecular weight is 339 g/mol. The van der Waals surface area contributed by atoms with Crippen LogP contribution in [0.2, 0.25) is 0 Å². The van der Waals surface area contributed by atoms with Gasteiger partial charge in [-0.25, -0.2) is 13.5 Å². The lowest BCUT2D eigenvalue weighted by Gasteiger charge is -2.21. The Morgan fingerprint density at radius 3 is 2.67 bits per heavy atom. The first kappa shape index (κ1) is 18.1. The van der Waals surface area contributed by atoms with Gasteiger partial charge >= 0.3 is 0 Å². The van der Waals surface area contributed by atoms with Crippen molar-refractivity contribution in [1.29, 1.82) is 0 Å². The molecular formula is C15H19F2N5O2. The summed E-state index contributed by atoms with van der Waals surface area (Å²) in [7, 11) is 0. The van der Waals surface area contributed by atoms with E-state index in [-0.39, 0.29) is 11.8 Å². The number of aliphatic hydroxyl groups is 1. The van der Waals surface area contributed by atoms with Gasteiger partial charge in [0.15, 0.2) is 0 Å². The smallest absolute Gasteiger partial charge is 0.266 e. The normalized spacial score (nSPS) is 14.6. The Morgan fingerprint density at radius 1 is 1.33 bits per heavy atom. The molecule has 0 amide bonds. The second-order valence-corrected chi connectivity index (χ2v) is 5.36. The minimum Gasteiger partial charge on any atom is -0.384 e. The summed E-state index contributed by atoms with van der Waals surface area (Å²) in [6.07, 6.45) is 1.56. The molecule has 0 aliphatic heterocycles. The number of ether oxygens (including phenoxy) is 1.